The van der Waals surface area contributed by atoms with Gasteiger partial charge in [-0.3, -0.25) is 0 Å². The topological polar surface area (TPSA) is 43.8 Å². The molecular weight excluding hydrogens is 218 g/mol. The third-order valence-electron chi connectivity index (χ3n) is 2.48. The van der Waals surface area contributed by atoms with Gasteiger partial charge in [0.2, 0.25) is 0 Å². The largest absolute Gasteiger partial charge is 0.384 e. The number of allylic oxidation sites excluding steroid dienone is 1. The quantitative estimate of drug-likeness (QED) is 0.776. The summed E-state index contributed by atoms with van der Waals surface area (Å²) < 4.78 is 2.06. The normalized spacial score (nSPS) is 11.0. The van der Waals surface area contributed by atoms with E-state index in [9.17, 15) is 0 Å². The first-order valence-electron chi connectivity index (χ1n) is 5.56. The van der Waals surface area contributed by atoms with Gasteiger partial charge in [0, 0.05) is 18.9 Å². The Kier molecular flexibility index (Phi) is 4.93. The van der Waals surface area contributed by atoms with Gasteiger partial charge in [0.15, 0.2) is 0 Å². The van der Waals surface area contributed by atoms with Crippen LogP contribution in [0.1, 0.15) is 31.3 Å². The van der Waals surface area contributed by atoms with E-state index < -0.39 is 0 Å². The minimum Gasteiger partial charge on any atom is -0.384 e. The molecule has 1 aromatic heterocycles. The van der Waals surface area contributed by atoms with Crippen LogP contribution in [0, 0.1) is 0 Å². The Morgan fingerprint density at radius 2 is 2.25 bits per heavy atom. The van der Waals surface area contributed by atoms with Gasteiger partial charge in [0.05, 0.1) is 5.69 Å². The zero-order valence-electron chi connectivity index (χ0n) is 10.4. The van der Waals surface area contributed by atoms with Crippen molar-refractivity contribution in [3.8, 4) is 0 Å². The molecule has 0 atom stereocenters. The van der Waals surface area contributed by atoms with Gasteiger partial charge in [-0.25, -0.2) is 4.98 Å². The number of hydrogen-bond acceptors (Lipinski definition) is 3. The summed E-state index contributed by atoms with van der Waals surface area (Å²) in [6.07, 6.45) is 4.90. The second-order valence-electron chi connectivity index (χ2n) is 4.10. The number of imidazole rings is 1. The van der Waals surface area contributed by atoms with Crippen LogP contribution in [-0.2, 0) is 13.0 Å². The number of anilines is 1. The highest BCUT2D eigenvalue weighted by Gasteiger charge is 2.15. The van der Waals surface area contributed by atoms with E-state index in [2.05, 4.69) is 36.2 Å². The van der Waals surface area contributed by atoms with Crippen molar-refractivity contribution < 1.29 is 0 Å². The lowest BCUT2D eigenvalue weighted by molar-refractivity contribution is 0.684. The third kappa shape index (κ3) is 2.82. The zero-order valence-corrected chi connectivity index (χ0v) is 11.2. The highest BCUT2D eigenvalue weighted by Crippen LogP contribution is 2.22. The maximum atomic E-state index is 6.11. The molecule has 1 aromatic rings. The van der Waals surface area contributed by atoms with Crippen LogP contribution in [0.25, 0.3) is 0 Å². The molecule has 4 heteroatoms. The van der Waals surface area contributed by atoms with E-state index in [1.54, 1.807) is 0 Å². The lowest BCUT2D eigenvalue weighted by Gasteiger charge is -2.09. The lowest BCUT2D eigenvalue weighted by atomic mass is 10.2. The highest BCUT2D eigenvalue weighted by molar-refractivity contribution is 7.98. The van der Waals surface area contributed by atoms with Crippen LogP contribution >= 0.6 is 11.8 Å². The molecular formula is C12H21N3S. The first kappa shape index (κ1) is 13.2. The summed E-state index contributed by atoms with van der Waals surface area (Å²) in [6, 6.07) is 0. The summed E-state index contributed by atoms with van der Waals surface area (Å²) in [7, 11) is 0. The standard InChI is InChI=1S/C12H21N3S/c1-5-7-15-11(13)10(6-8-16-4)14-12(15)9(2)3/h5,9H,1,6-8,13H2,2-4H3. The summed E-state index contributed by atoms with van der Waals surface area (Å²) >= 11 is 1.82. The van der Waals surface area contributed by atoms with Crippen molar-refractivity contribution in [3.05, 3.63) is 24.2 Å². The van der Waals surface area contributed by atoms with Gasteiger partial charge in [-0.1, -0.05) is 19.9 Å². The average molecular weight is 239 g/mol. The molecule has 1 heterocycles. The molecule has 0 aliphatic heterocycles. The fourth-order valence-corrected chi connectivity index (χ4v) is 2.08. The molecule has 0 saturated carbocycles. The van der Waals surface area contributed by atoms with Gasteiger partial charge in [0.1, 0.15) is 11.6 Å². The van der Waals surface area contributed by atoms with Crippen LogP contribution in [0.3, 0.4) is 0 Å². The maximum absolute atomic E-state index is 6.11. The Morgan fingerprint density at radius 3 is 2.75 bits per heavy atom. The molecule has 0 saturated heterocycles. The summed E-state index contributed by atoms with van der Waals surface area (Å²) in [4.78, 5) is 4.64. The SMILES string of the molecule is C=CCn1c(C(C)C)nc(CCSC)c1N. The smallest absolute Gasteiger partial charge is 0.127 e. The number of hydrogen-bond donors (Lipinski definition) is 1. The van der Waals surface area contributed by atoms with E-state index in [-0.39, 0.29) is 0 Å². The van der Waals surface area contributed by atoms with Crippen molar-refractivity contribution in [1.82, 2.24) is 9.55 Å². The number of nitrogen functional groups attached to an aromatic ring is 1. The summed E-state index contributed by atoms with van der Waals surface area (Å²) in [5.74, 6) is 3.32. The first-order chi connectivity index (χ1) is 7.61. The molecule has 0 aromatic carbocycles. The Balaban J connectivity index is 3.03. The predicted molar refractivity (Wildman–Crippen MR) is 73.0 cm³/mol. The van der Waals surface area contributed by atoms with E-state index in [1.165, 1.54) is 0 Å². The van der Waals surface area contributed by atoms with Gasteiger partial charge < -0.3 is 10.3 Å². The van der Waals surface area contributed by atoms with Crippen LogP contribution in [0.2, 0.25) is 0 Å². The van der Waals surface area contributed by atoms with E-state index in [1.807, 2.05) is 17.8 Å². The fourth-order valence-electron chi connectivity index (χ4n) is 1.68. The number of nitrogens with zero attached hydrogens (tertiary/aromatic N) is 2. The number of thioether (sulfide) groups is 1. The Labute approximate surface area is 102 Å². The summed E-state index contributed by atoms with van der Waals surface area (Å²) in [5.41, 5.74) is 7.14. The molecule has 0 aliphatic carbocycles. The molecule has 0 aliphatic rings. The van der Waals surface area contributed by atoms with Crippen molar-refractivity contribution >= 4 is 17.6 Å². The highest BCUT2D eigenvalue weighted by atomic mass is 32.2. The molecule has 0 spiro atoms. The Hall–Kier alpha value is -0.900. The van der Waals surface area contributed by atoms with Gasteiger partial charge in [0.25, 0.3) is 0 Å². The van der Waals surface area contributed by atoms with E-state index in [4.69, 9.17) is 5.73 Å². The third-order valence-corrected chi connectivity index (χ3v) is 3.10. The molecule has 0 fully saturated rings. The monoisotopic (exact) mass is 239 g/mol. The zero-order chi connectivity index (χ0) is 12.1. The molecule has 16 heavy (non-hydrogen) atoms. The van der Waals surface area contributed by atoms with Crippen LogP contribution in [0.5, 0.6) is 0 Å². The molecule has 0 unspecified atom stereocenters. The summed E-state index contributed by atoms with van der Waals surface area (Å²) in [5, 5.41) is 0. The van der Waals surface area contributed by atoms with Gasteiger partial charge in [-0.15, -0.1) is 6.58 Å². The van der Waals surface area contributed by atoms with Gasteiger partial charge >= 0.3 is 0 Å². The van der Waals surface area contributed by atoms with Crippen molar-refractivity contribution in [2.24, 2.45) is 0 Å². The molecule has 0 bridgehead atoms. The van der Waals surface area contributed by atoms with Crippen molar-refractivity contribution in [1.29, 1.82) is 0 Å². The van der Waals surface area contributed by atoms with E-state index >= 15 is 0 Å². The fraction of sp³-hybridized carbons (Fsp3) is 0.583. The van der Waals surface area contributed by atoms with Gasteiger partial charge in [-0.2, -0.15) is 11.8 Å². The molecule has 2 N–H and O–H groups in total. The predicted octanol–water partition coefficient (Wildman–Crippen LogP) is 2.68. The molecule has 0 amide bonds. The second kappa shape index (κ2) is 5.99. The number of aryl methyl sites for hydroxylation is 1. The Bertz CT molecular complexity index is 355. The molecule has 3 nitrogen and oxygen atoms in total. The van der Waals surface area contributed by atoms with E-state index in [0.717, 1.165) is 36.1 Å². The molecule has 0 radical (unpaired) electrons. The average Bonchev–Trinajstić information content (AvgIpc) is 2.55. The minimum atomic E-state index is 0.394. The number of nitrogens with two attached hydrogens (primary N) is 1. The van der Waals surface area contributed by atoms with Crippen molar-refractivity contribution in [2.75, 3.05) is 17.7 Å². The molecule has 1 rings (SSSR count). The lowest BCUT2D eigenvalue weighted by Crippen LogP contribution is -2.07. The Morgan fingerprint density at radius 1 is 1.56 bits per heavy atom. The first-order valence-corrected chi connectivity index (χ1v) is 6.95. The number of aromatic nitrogens is 2. The van der Waals surface area contributed by atoms with Crippen molar-refractivity contribution in [2.45, 2.75) is 32.7 Å². The van der Waals surface area contributed by atoms with Crippen LogP contribution < -0.4 is 5.73 Å². The second-order valence-corrected chi connectivity index (χ2v) is 5.08. The van der Waals surface area contributed by atoms with Crippen LogP contribution in [0.4, 0.5) is 5.82 Å². The maximum Gasteiger partial charge on any atom is 0.127 e. The molecule has 90 valence electrons. The van der Waals surface area contributed by atoms with Gasteiger partial charge in [-0.05, 0) is 12.0 Å². The summed E-state index contributed by atoms with van der Waals surface area (Å²) in [6.45, 7) is 8.78. The van der Waals surface area contributed by atoms with Crippen molar-refractivity contribution in [3.63, 3.8) is 0 Å². The minimum absolute atomic E-state index is 0.394. The van der Waals surface area contributed by atoms with Crippen LogP contribution in [0.15, 0.2) is 12.7 Å². The number of rotatable bonds is 6. The van der Waals surface area contributed by atoms with Crippen LogP contribution in [-0.4, -0.2) is 21.6 Å². The van der Waals surface area contributed by atoms with E-state index in [0.29, 0.717) is 5.92 Å².